The SMILES string of the molecule is O=C(O)c1cc(Cl)c(OC2CCC2)c(OC2CCC2)c1. The molecule has 0 heterocycles. The number of hydrogen-bond donors (Lipinski definition) is 1. The Morgan fingerprint density at radius 2 is 1.70 bits per heavy atom. The largest absolute Gasteiger partial charge is 0.486 e. The van der Waals surface area contributed by atoms with Crippen molar-refractivity contribution < 1.29 is 19.4 Å². The van der Waals surface area contributed by atoms with Crippen molar-refractivity contribution in [2.75, 3.05) is 0 Å². The number of benzene rings is 1. The van der Waals surface area contributed by atoms with Gasteiger partial charge in [0.05, 0.1) is 22.8 Å². The lowest BCUT2D eigenvalue weighted by Gasteiger charge is -2.31. The maximum Gasteiger partial charge on any atom is 0.335 e. The highest BCUT2D eigenvalue weighted by Crippen LogP contribution is 2.41. The first-order chi connectivity index (χ1) is 9.63. The number of carboxylic acids is 1. The molecule has 0 aliphatic heterocycles. The van der Waals surface area contributed by atoms with Gasteiger partial charge in [0.25, 0.3) is 0 Å². The van der Waals surface area contributed by atoms with E-state index in [0.29, 0.717) is 16.5 Å². The van der Waals surface area contributed by atoms with Crippen LogP contribution in [-0.4, -0.2) is 23.3 Å². The van der Waals surface area contributed by atoms with Crippen LogP contribution in [0, 0.1) is 0 Å². The summed E-state index contributed by atoms with van der Waals surface area (Å²) >= 11 is 6.18. The molecule has 1 aromatic rings. The number of aromatic carboxylic acids is 1. The number of halogens is 1. The molecular formula is C15H17ClO4. The predicted molar refractivity (Wildman–Crippen MR) is 74.9 cm³/mol. The molecule has 2 fully saturated rings. The molecule has 108 valence electrons. The molecule has 2 saturated carbocycles. The van der Waals surface area contributed by atoms with Gasteiger partial charge in [-0.25, -0.2) is 4.79 Å². The number of rotatable bonds is 5. The number of carboxylic acid groups (broad SMARTS) is 1. The Hall–Kier alpha value is -1.42. The summed E-state index contributed by atoms with van der Waals surface area (Å²) in [7, 11) is 0. The van der Waals surface area contributed by atoms with Crippen LogP contribution in [0.4, 0.5) is 0 Å². The topological polar surface area (TPSA) is 55.8 Å². The molecule has 1 N–H and O–H groups in total. The van der Waals surface area contributed by atoms with Crippen LogP contribution < -0.4 is 9.47 Å². The highest BCUT2D eigenvalue weighted by Gasteiger charge is 2.26. The van der Waals surface area contributed by atoms with E-state index >= 15 is 0 Å². The zero-order valence-electron chi connectivity index (χ0n) is 11.1. The van der Waals surface area contributed by atoms with Crippen LogP contribution in [0.1, 0.15) is 48.9 Å². The van der Waals surface area contributed by atoms with Crippen molar-refractivity contribution in [2.24, 2.45) is 0 Å². The smallest absolute Gasteiger partial charge is 0.335 e. The van der Waals surface area contributed by atoms with E-state index in [1.807, 2.05) is 0 Å². The molecule has 0 saturated heterocycles. The Morgan fingerprint density at radius 1 is 1.10 bits per heavy atom. The zero-order valence-corrected chi connectivity index (χ0v) is 11.9. The molecule has 3 rings (SSSR count). The average Bonchev–Trinajstić information content (AvgIpc) is 2.29. The average molecular weight is 297 g/mol. The van der Waals surface area contributed by atoms with Crippen LogP contribution in [0.25, 0.3) is 0 Å². The third kappa shape index (κ3) is 2.70. The standard InChI is InChI=1S/C15H17ClO4/c16-12-7-9(15(17)18)8-13(19-10-3-1-4-10)14(12)20-11-5-2-6-11/h7-8,10-11H,1-6H2,(H,17,18). The molecule has 2 aliphatic carbocycles. The molecule has 0 atom stereocenters. The molecule has 0 aromatic heterocycles. The molecule has 0 amide bonds. The Balaban J connectivity index is 1.88. The van der Waals surface area contributed by atoms with Gasteiger partial charge in [-0.15, -0.1) is 0 Å². The summed E-state index contributed by atoms with van der Waals surface area (Å²) in [6.07, 6.45) is 6.66. The minimum Gasteiger partial charge on any atom is -0.486 e. The van der Waals surface area contributed by atoms with Gasteiger partial charge in [0.2, 0.25) is 0 Å². The van der Waals surface area contributed by atoms with Crippen LogP contribution in [0.3, 0.4) is 0 Å². The van der Waals surface area contributed by atoms with E-state index in [1.54, 1.807) is 0 Å². The van der Waals surface area contributed by atoms with Crippen molar-refractivity contribution in [3.8, 4) is 11.5 Å². The Bertz CT molecular complexity index is 521. The third-order valence-corrected chi connectivity index (χ3v) is 4.22. The second-order valence-electron chi connectivity index (χ2n) is 5.43. The van der Waals surface area contributed by atoms with Crippen molar-refractivity contribution >= 4 is 17.6 Å². The number of carbonyl (C=O) groups is 1. The summed E-state index contributed by atoms with van der Waals surface area (Å²) in [6, 6.07) is 2.94. The maximum atomic E-state index is 11.1. The molecule has 2 aliphatic rings. The number of ether oxygens (including phenoxy) is 2. The molecule has 20 heavy (non-hydrogen) atoms. The van der Waals surface area contributed by atoms with E-state index in [4.69, 9.17) is 26.2 Å². The maximum absolute atomic E-state index is 11.1. The zero-order chi connectivity index (χ0) is 14.1. The van der Waals surface area contributed by atoms with Crippen LogP contribution in [0.2, 0.25) is 5.02 Å². The van der Waals surface area contributed by atoms with Gasteiger partial charge in [0.15, 0.2) is 11.5 Å². The molecule has 0 bridgehead atoms. The first-order valence-corrected chi connectivity index (χ1v) is 7.41. The van der Waals surface area contributed by atoms with Crippen molar-refractivity contribution in [1.29, 1.82) is 0 Å². The molecular weight excluding hydrogens is 280 g/mol. The summed E-state index contributed by atoms with van der Waals surface area (Å²) in [5.41, 5.74) is 0.130. The lowest BCUT2D eigenvalue weighted by atomic mass is 9.96. The van der Waals surface area contributed by atoms with E-state index in [9.17, 15) is 4.79 Å². The second kappa shape index (κ2) is 5.52. The summed E-state index contributed by atoms with van der Waals surface area (Å²) in [5.74, 6) is -0.0553. The fourth-order valence-corrected chi connectivity index (χ4v) is 2.47. The van der Waals surface area contributed by atoms with E-state index < -0.39 is 5.97 Å². The highest BCUT2D eigenvalue weighted by atomic mass is 35.5. The Morgan fingerprint density at radius 3 is 2.20 bits per heavy atom. The summed E-state index contributed by atoms with van der Waals surface area (Å²) in [5, 5.41) is 9.43. The molecule has 0 spiro atoms. The quantitative estimate of drug-likeness (QED) is 0.895. The van der Waals surface area contributed by atoms with Gasteiger partial charge in [-0.1, -0.05) is 11.6 Å². The van der Waals surface area contributed by atoms with Gasteiger partial charge in [0, 0.05) is 0 Å². The lowest BCUT2D eigenvalue weighted by Crippen LogP contribution is -2.27. The van der Waals surface area contributed by atoms with Crippen molar-refractivity contribution in [1.82, 2.24) is 0 Å². The van der Waals surface area contributed by atoms with Gasteiger partial charge >= 0.3 is 5.97 Å². The molecule has 1 aromatic carbocycles. The predicted octanol–water partition coefficient (Wildman–Crippen LogP) is 3.90. The second-order valence-corrected chi connectivity index (χ2v) is 5.84. The molecule has 0 radical (unpaired) electrons. The van der Waals surface area contributed by atoms with Gasteiger partial charge < -0.3 is 14.6 Å². The van der Waals surface area contributed by atoms with Crippen LogP contribution in [0.5, 0.6) is 11.5 Å². The first kappa shape index (κ1) is 13.6. The van der Waals surface area contributed by atoms with Crippen molar-refractivity contribution in [3.63, 3.8) is 0 Å². The number of hydrogen-bond acceptors (Lipinski definition) is 3. The third-order valence-electron chi connectivity index (χ3n) is 3.94. The van der Waals surface area contributed by atoms with Gasteiger partial charge in [-0.05, 0) is 50.7 Å². The highest BCUT2D eigenvalue weighted by molar-refractivity contribution is 6.32. The monoisotopic (exact) mass is 296 g/mol. The van der Waals surface area contributed by atoms with E-state index in [-0.39, 0.29) is 17.8 Å². The Kier molecular flexibility index (Phi) is 3.74. The Labute approximate surface area is 122 Å². The van der Waals surface area contributed by atoms with Crippen LogP contribution in [0.15, 0.2) is 12.1 Å². The minimum atomic E-state index is -1.01. The molecule has 0 unspecified atom stereocenters. The van der Waals surface area contributed by atoms with E-state index in [2.05, 4.69) is 0 Å². The van der Waals surface area contributed by atoms with Gasteiger partial charge in [-0.3, -0.25) is 0 Å². The minimum absolute atomic E-state index is 0.130. The molecule has 4 nitrogen and oxygen atoms in total. The van der Waals surface area contributed by atoms with Gasteiger partial charge in [0.1, 0.15) is 0 Å². The van der Waals surface area contributed by atoms with E-state index in [0.717, 1.165) is 38.5 Å². The lowest BCUT2D eigenvalue weighted by molar-refractivity contribution is 0.0692. The summed E-state index contributed by atoms with van der Waals surface area (Å²) in [6.45, 7) is 0. The normalized spacial score (nSPS) is 19.1. The first-order valence-electron chi connectivity index (χ1n) is 7.03. The van der Waals surface area contributed by atoms with Crippen molar-refractivity contribution in [3.05, 3.63) is 22.7 Å². The van der Waals surface area contributed by atoms with Crippen LogP contribution >= 0.6 is 11.6 Å². The van der Waals surface area contributed by atoms with Crippen molar-refractivity contribution in [2.45, 2.75) is 50.7 Å². The molecule has 5 heteroatoms. The van der Waals surface area contributed by atoms with Crippen LogP contribution in [-0.2, 0) is 0 Å². The fourth-order valence-electron chi connectivity index (χ4n) is 2.22. The fraction of sp³-hybridized carbons (Fsp3) is 0.533. The van der Waals surface area contributed by atoms with Gasteiger partial charge in [-0.2, -0.15) is 0 Å². The summed E-state index contributed by atoms with van der Waals surface area (Å²) < 4.78 is 11.7. The van der Waals surface area contributed by atoms with E-state index in [1.165, 1.54) is 12.1 Å². The summed E-state index contributed by atoms with van der Waals surface area (Å²) in [4.78, 5) is 11.1.